The van der Waals surface area contributed by atoms with Gasteiger partial charge in [0.25, 0.3) is 0 Å². The quantitative estimate of drug-likeness (QED) is 0.836. The maximum Gasteiger partial charge on any atom is 0.250 e. The highest BCUT2D eigenvalue weighted by atomic mass is 79.9. The topological polar surface area (TPSA) is 46.2 Å². The Labute approximate surface area is 132 Å². The number of thiophene rings is 1. The van der Waals surface area contributed by atoms with Gasteiger partial charge in [0.2, 0.25) is 10.0 Å². The van der Waals surface area contributed by atoms with Crippen molar-refractivity contribution in [3.05, 3.63) is 51.8 Å². The highest BCUT2D eigenvalue weighted by Gasteiger charge is 2.19. The fraction of sp³-hybridized carbons (Fsp3) is 0.286. The molecule has 2 aromatic rings. The first kappa shape index (κ1) is 15.7. The van der Waals surface area contributed by atoms with Gasteiger partial charge in [-0.25, -0.2) is 13.1 Å². The second kappa shape index (κ2) is 6.85. The van der Waals surface area contributed by atoms with Gasteiger partial charge < -0.3 is 0 Å². The summed E-state index contributed by atoms with van der Waals surface area (Å²) in [6.07, 6.45) is 1.63. The summed E-state index contributed by atoms with van der Waals surface area (Å²) in [5.74, 6) is 0. The fourth-order valence-corrected chi connectivity index (χ4v) is 5.16. The van der Waals surface area contributed by atoms with Crippen molar-refractivity contribution < 1.29 is 8.42 Å². The first-order chi connectivity index (χ1) is 9.47. The van der Waals surface area contributed by atoms with E-state index in [0.717, 1.165) is 16.6 Å². The monoisotopic (exact) mass is 373 g/mol. The van der Waals surface area contributed by atoms with E-state index in [1.807, 2.05) is 25.1 Å². The molecule has 0 amide bonds. The lowest BCUT2D eigenvalue weighted by Crippen LogP contribution is -2.32. The van der Waals surface area contributed by atoms with Crippen molar-refractivity contribution in [2.75, 3.05) is 0 Å². The zero-order valence-corrected chi connectivity index (χ0v) is 14.3. The van der Waals surface area contributed by atoms with Gasteiger partial charge in [-0.15, -0.1) is 11.3 Å². The minimum atomic E-state index is -3.40. The number of rotatable bonds is 6. The molecule has 0 saturated heterocycles. The number of hydrogen-bond donors (Lipinski definition) is 1. The van der Waals surface area contributed by atoms with Crippen molar-refractivity contribution in [2.24, 2.45) is 0 Å². The number of hydrogen-bond acceptors (Lipinski definition) is 3. The molecule has 20 heavy (non-hydrogen) atoms. The van der Waals surface area contributed by atoms with E-state index in [-0.39, 0.29) is 6.04 Å². The Bertz CT molecular complexity index is 653. The molecular formula is C14H16BrNO2S2. The summed E-state index contributed by atoms with van der Waals surface area (Å²) in [6.45, 7) is 1.89. The highest BCUT2D eigenvalue weighted by molar-refractivity contribution is 9.11. The molecule has 0 fully saturated rings. The zero-order chi connectivity index (χ0) is 14.6. The van der Waals surface area contributed by atoms with Crippen LogP contribution < -0.4 is 4.72 Å². The van der Waals surface area contributed by atoms with Gasteiger partial charge in [0.1, 0.15) is 4.21 Å². The van der Waals surface area contributed by atoms with Crippen LogP contribution in [0.2, 0.25) is 0 Å². The Kier molecular flexibility index (Phi) is 5.37. The average Bonchev–Trinajstić information content (AvgIpc) is 2.85. The summed E-state index contributed by atoms with van der Waals surface area (Å²) in [7, 11) is -3.40. The molecule has 0 bridgehead atoms. The molecule has 1 unspecified atom stereocenters. The van der Waals surface area contributed by atoms with Gasteiger partial charge in [-0.3, -0.25) is 0 Å². The molecule has 1 atom stereocenters. The third-order valence-electron chi connectivity index (χ3n) is 2.88. The molecule has 2 rings (SSSR count). The van der Waals surface area contributed by atoms with Gasteiger partial charge in [-0.1, -0.05) is 30.3 Å². The van der Waals surface area contributed by atoms with Crippen molar-refractivity contribution >= 4 is 37.3 Å². The summed E-state index contributed by atoms with van der Waals surface area (Å²) >= 11 is 4.50. The van der Waals surface area contributed by atoms with Crippen molar-refractivity contribution in [1.29, 1.82) is 0 Å². The highest BCUT2D eigenvalue weighted by Crippen LogP contribution is 2.26. The van der Waals surface area contributed by atoms with Crippen molar-refractivity contribution in [3.63, 3.8) is 0 Å². The lowest BCUT2D eigenvalue weighted by molar-refractivity contribution is 0.548. The van der Waals surface area contributed by atoms with Crippen LogP contribution >= 0.6 is 27.3 Å². The molecule has 6 heteroatoms. The van der Waals surface area contributed by atoms with Crippen molar-refractivity contribution in [3.8, 4) is 0 Å². The van der Waals surface area contributed by atoms with Gasteiger partial charge in [-0.05, 0) is 53.4 Å². The van der Waals surface area contributed by atoms with E-state index in [0.29, 0.717) is 4.21 Å². The Morgan fingerprint density at radius 1 is 1.20 bits per heavy atom. The lowest BCUT2D eigenvalue weighted by Gasteiger charge is -2.13. The molecule has 0 saturated carbocycles. The summed E-state index contributed by atoms with van der Waals surface area (Å²) in [4.78, 5) is 0. The van der Waals surface area contributed by atoms with Crippen LogP contribution in [0.1, 0.15) is 18.9 Å². The average molecular weight is 374 g/mol. The van der Waals surface area contributed by atoms with Gasteiger partial charge in [0.05, 0.1) is 3.79 Å². The van der Waals surface area contributed by atoms with E-state index in [1.54, 1.807) is 12.1 Å². The number of aryl methyl sites for hydroxylation is 1. The molecule has 1 aromatic heterocycles. The molecule has 0 spiro atoms. The standard InChI is InChI=1S/C14H16BrNO2S2/c1-11(7-8-12-5-3-2-4-6-12)16-20(17,18)14-10-9-13(15)19-14/h2-6,9-11,16H,7-8H2,1H3. The molecule has 108 valence electrons. The van der Waals surface area contributed by atoms with Crippen LogP contribution in [0.3, 0.4) is 0 Å². The normalized spacial score (nSPS) is 13.3. The third kappa shape index (κ3) is 4.41. The molecule has 3 nitrogen and oxygen atoms in total. The maximum atomic E-state index is 12.1. The van der Waals surface area contributed by atoms with Crippen LogP contribution in [0.25, 0.3) is 0 Å². The summed E-state index contributed by atoms with van der Waals surface area (Å²) < 4.78 is 28.2. The second-order valence-electron chi connectivity index (χ2n) is 4.61. The van der Waals surface area contributed by atoms with Crippen LogP contribution in [-0.2, 0) is 16.4 Å². The van der Waals surface area contributed by atoms with E-state index in [9.17, 15) is 8.42 Å². The van der Waals surface area contributed by atoms with Gasteiger partial charge >= 0.3 is 0 Å². The van der Waals surface area contributed by atoms with E-state index in [4.69, 9.17) is 0 Å². The molecule has 0 aliphatic heterocycles. The number of sulfonamides is 1. The van der Waals surface area contributed by atoms with Gasteiger partial charge in [0, 0.05) is 6.04 Å². The van der Waals surface area contributed by atoms with Crippen molar-refractivity contribution in [2.45, 2.75) is 30.0 Å². The predicted molar refractivity (Wildman–Crippen MR) is 86.6 cm³/mol. The fourth-order valence-electron chi connectivity index (χ4n) is 1.85. The Morgan fingerprint density at radius 3 is 2.50 bits per heavy atom. The first-order valence-corrected chi connectivity index (χ1v) is 9.38. The van der Waals surface area contributed by atoms with Crippen LogP contribution in [0.5, 0.6) is 0 Å². The summed E-state index contributed by atoms with van der Waals surface area (Å²) in [5.41, 5.74) is 1.22. The molecular weight excluding hydrogens is 358 g/mol. The molecule has 0 aliphatic rings. The van der Waals surface area contributed by atoms with E-state index < -0.39 is 10.0 Å². The van der Waals surface area contributed by atoms with Crippen LogP contribution in [0, 0.1) is 0 Å². The SMILES string of the molecule is CC(CCc1ccccc1)NS(=O)(=O)c1ccc(Br)s1. The van der Waals surface area contributed by atoms with Gasteiger partial charge in [-0.2, -0.15) is 0 Å². The molecule has 1 aromatic carbocycles. The van der Waals surface area contributed by atoms with Crippen LogP contribution in [0.15, 0.2) is 50.5 Å². The largest absolute Gasteiger partial charge is 0.250 e. The smallest absolute Gasteiger partial charge is 0.208 e. The number of halogens is 1. The Balaban J connectivity index is 1.92. The van der Waals surface area contributed by atoms with E-state index in [1.165, 1.54) is 16.9 Å². The van der Waals surface area contributed by atoms with Crippen LogP contribution in [0.4, 0.5) is 0 Å². The Morgan fingerprint density at radius 2 is 1.90 bits per heavy atom. The molecule has 1 heterocycles. The number of nitrogens with one attached hydrogen (secondary N) is 1. The predicted octanol–water partition coefficient (Wildman–Crippen LogP) is 3.81. The minimum absolute atomic E-state index is 0.0962. The Hall–Kier alpha value is -0.690. The molecule has 0 aliphatic carbocycles. The third-order valence-corrected chi connectivity index (χ3v) is 6.58. The lowest BCUT2D eigenvalue weighted by atomic mass is 10.1. The second-order valence-corrected chi connectivity index (χ2v) is 9.01. The zero-order valence-electron chi connectivity index (χ0n) is 11.0. The van der Waals surface area contributed by atoms with Crippen molar-refractivity contribution in [1.82, 2.24) is 4.72 Å². The number of benzene rings is 1. The summed E-state index contributed by atoms with van der Waals surface area (Å²) in [5, 5.41) is 0. The minimum Gasteiger partial charge on any atom is -0.208 e. The molecule has 1 N–H and O–H groups in total. The summed E-state index contributed by atoms with van der Waals surface area (Å²) in [6, 6.07) is 13.3. The maximum absolute atomic E-state index is 12.1. The van der Waals surface area contributed by atoms with E-state index in [2.05, 4.69) is 32.8 Å². The van der Waals surface area contributed by atoms with Crippen LogP contribution in [-0.4, -0.2) is 14.5 Å². The van der Waals surface area contributed by atoms with E-state index >= 15 is 0 Å². The first-order valence-electron chi connectivity index (χ1n) is 6.29. The van der Waals surface area contributed by atoms with Gasteiger partial charge in [0.15, 0.2) is 0 Å². The molecule has 0 radical (unpaired) electrons.